The summed E-state index contributed by atoms with van der Waals surface area (Å²) in [5.74, 6) is 1.06. The number of ether oxygens (including phenoxy) is 1. The molecule has 1 amide bonds. The first-order valence-corrected chi connectivity index (χ1v) is 10.9. The number of nitrogens with zero attached hydrogens (tertiary/aromatic N) is 4. The number of carbonyl (C=O) groups excluding carboxylic acids is 1. The summed E-state index contributed by atoms with van der Waals surface area (Å²) < 4.78 is 9.41. The van der Waals surface area contributed by atoms with E-state index in [0.29, 0.717) is 33.6 Å². The van der Waals surface area contributed by atoms with E-state index in [9.17, 15) is 9.59 Å². The fourth-order valence-corrected chi connectivity index (χ4v) is 4.65. The number of methoxy groups -OCH3 is 1. The first-order valence-electron chi connectivity index (χ1n) is 9.04. The fourth-order valence-electron chi connectivity index (χ4n) is 3.08. The number of hydrogen-bond acceptors (Lipinski definition) is 7. The number of nitrogens with one attached hydrogen (secondary N) is 1. The first kappa shape index (κ1) is 19.5. The van der Waals surface area contributed by atoms with Crippen molar-refractivity contribution in [2.24, 2.45) is 0 Å². The van der Waals surface area contributed by atoms with Gasteiger partial charge in [-0.1, -0.05) is 30.8 Å². The lowest BCUT2D eigenvalue weighted by molar-refractivity contribution is -0.113. The van der Waals surface area contributed by atoms with E-state index in [4.69, 9.17) is 4.74 Å². The standard InChI is InChI=1S/C19H19N5O3S2/c1-3-9-23-17(26)16-13(8-10-28-16)24-18(23)21-22-19(24)29-11-15(25)20-12-6-4-5-7-14(12)27-2/h4-8,10H,3,9,11H2,1-2H3,(H,20,25). The van der Waals surface area contributed by atoms with Gasteiger partial charge in [0.05, 0.1) is 24.1 Å². The van der Waals surface area contributed by atoms with Crippen molar-refractivity contribution in [3.8, 4) is 5.75 Å². The molecule has 0 aliphatic carbocycles. The van der Waals surface area contributed by atoms with Gasteiger partial charge < -0.3 is 10.1 Å². The average molecular weight is 430 g/mol. The van der Waals surface area contributed by atoms with Crippen LogP contribution in [-0.2, 0) is 11.3 Å². The van der Waals surface area contributed by atoms with Crippen LogP contribution in [0.4, 0.5) is 5.69 Å². The van der Waals surface area contributed by atoms with Crippen LogP contribution in [0.1, 0.15) is 13.3 Å². The third-order valence-electron chi connectivity index (χ3n) is 4.34. The van der Waals surface area contributed by atoms with Gasteiger partial charge in [0, 0.05) is 6.54 Å². The predicted molar refractivity (Wildman–Crippen MR) is 115 cm³/mol. The number of aromatic nitrogens is 4. The molecule has 0 radical (unpaired) electrons. The summed E-state index contributed by atoms with van der Waals surface area (Å²) in [4.78, 5) is 25.2. The Morgan fingerprint density at radius 3 is 2.90 bits per heavy atom. The van der Waals surface area contributed by atoms with Gasteiger partial charge in [0.1, 0.15) is 10.4 Å². The SMILES string of the molecule is CCCn1c(=O)c2sccc2n2c(SCC(=O)Nc3ccccc3OC)nnc12. The van der Waals surface area contributed by atoms with Gasteiger partial charge in [-0.2, -0.15) is 0 Å². The van der Waals surface area contributed by atoms with Crippen molar-refractivity contribution < 1.29 is 9.53 Å². The Morgan fingerprint density at radius 1 is 1.28 bits per heavy atom. The van der Waals surface area contributed by atoms with E-state index in [1.165, 1.54) is 23.1 Å². The summed E-state index contributed by atoms with van der Waals surface area (Å²) in [6, 6.07) is 9.12. The highest BCUT2D eigenvalue weighted by Gasteiger charge is 2.18. The Balaban J connectivity index is 1.62. The molecule has 0 aliphatic rings. The first-order chi connectivity index (χ1) is 14.1. The van der Waals surface area contributed by atoms with Gasteiger partial charge in [-0.05, 0) is 30.0 Å². The number of aryl methyl sites for hydroxylation is 1. The number of thioether (sulfide) groups is 1. The molecular formula is C19H19N5O3S2. The van der Waals surface area contributed by atoms with Gasteiger partial charge in [0.15, 0.2) is 5.16 Å². The molecule has 0 saturated carbocycles. The van der Waals surface area contributed by atoms with Crippen molar-refractivity contribution in [2.45, 2.75) is 25.0 Å². The highest BCUT2D eigenvalue weighted by atomic mass is 32.2. The molecule has 3 heterocycles. The molecule has 0 saturated heterocycles. The molecule has 0 bridgehead atoms. The molecule has 0 atom stereocenters. The van der Waals surface area contributed by atoms with Crippen molar-refractivity contribution in [3.05, 3.63) is 46.1 Å². The van der Waals surface area contributed by atoms with Crippen molar-refractivity contribution >= 4 is 50.7 Å². The molecule has 0 aliphatic heterocycles. The lowest BCUT2D eigenvalue weighted by Gasteiger charge is -2.10. The second kappa shape index (κ2) is 8.26. The van der Waals surface area contributed by atoms with E-state index < -0.39 is 0 Å². The van der Waals surface area contributed by atoms with Crippen molar-refractivity contribution in [1.29, 1.82) is 0 Å². The van der Waals surface area contributed by atoms with Crippen LogP contribution in [-0.4, -0.2) is 37.9 Å². The summed E-state index contributed by atoms with van der Waals surface area (Å²) in [6.07, 6.45) is 0.809. The van der Waals surface area contributed by atoms with E-state index in [1.807, 2.05) is 34.9 Å². The highest BCUT2D eigenvalue weighted by molar-refractivity contribution is 7.99. The predicted octanol–water partition coefficient (Wildman–Crippen LogP) is 3.26. The minimum Gasteiger partial charge on any atom is -0.495 e. The molecular weight excluding hydrogens is 410 g/mol. The number of hydrogen-bond donors (Lipinski definition) is 1. The van der Waals surface area contributed by atoms with Crippen LogP contribution in [0.3, 0.4) is 0 Å². The maximum absolute atomic E-state index is 12.7. The van der Waals surface area contributed by atoms with Crippen molar-refractivity contribution in [2.75, 3.05) is 18.2 Å². The van der Waals surface area contributed by atoms with Crippen LogP contribution in [0, 0.1) is 0 Å². The molecule has 1 aromatic carbocycles. The largest absolute Gasteiger partial charge is 0.495 e. The van der Waals surface area contributed by atoms with Crippen LogP contribution in [0.2, 0.25) is 0 Å². The molecule has 4 aromatic rings. The number of anilines is 1. The number of amides is 1. The Hall–Kier alpha value is -2.85. The zero-order valence-corrected chi connectivity index (χ0v) is 17.5. The summed E-state index contributed by atoms with van der Waals surface area (Å²) in [6.45, 7) is 2.57. The van der Waals surface area contributed by atoms with Gasteiger partial charge in [-0.15, -0.1) is 21.5 Å². The van der Waals surface area contributed by atoms with Crippen molar-refractivity contribution in [1.82, 2.24) is 19.2 Å². The second-order valence-corrected chi connectivity index (χ2v) is 8.11. The van der Waals surface area contributed by atoms with Crippen LogP contribution >= 0.6 is 23.1 Å². The normalized spacial score (nSPS) is 11.2. The third kappa shape index (κ3) is 3.60. The molecule has 29 heavy (non-hydrogen) atoms. The molecule has 4 rings (SSSR count). The number of thiophene rings is 1. The summed E-state index contributed by atoms with van der Waals surface area (Å²) in [5.41, 5.74) is 1.32. The topological polar surface area (TPSA) is 90.5 Å². The van der Waals surface area contributed by atoms with Crippen molar-refractivity contribution in [3.63, 3.8) is 0 Å². The number of para-hydroxylation sites is 2. The number of fused-ring (bicyclic) bond motifs is 3. The Kier molecular flexibility index (Phi) is 5.54. The fraction of sp³-hybridized carbons (Fsp3) is 0.263. The molecule has 1 N–H and O–H groups in total. The highest BCUT2D eigenvalue weighted by Crippen LogP contribution is 2.26. The van der Waals surface area contributed by atoms with E-state index in [1.54, 1.807) is 23.8 Å². The smallest absolute Gasteiger partial charge is 0.272 e. The molecule has 3 aromatic heterocycles. The summed E-state index contributed by atoms with van der Waals surface area (Å²) in [5, 5.41) is 13.8. The van der Waals surface area contributed by atoms with Gasteiger partial charge in [0.25, 0.3) is 5.56 Å². The maximum Gasteiger partial charge on any atom is 0.272 e. The Labute approximate surface area is 174 Å². The van der Waals surface area contributed by atoms with Gasteiger partial charge in [0.2, 0.25) is 11.7 Å². The average Bonchev–Trinajstić information content (AvgIpc) is 3.37. The molecule has 8 nitrogen and oxygen atoms in total. The van der Waals surface area contributed by atoms with Gasteiger partial charge in [-0.25, -0.2) is 0 Å². The molecule has 0 unspecified atom stereocenters. The van der Waals surface area contributed by atoms with Crippen LogP contribution in [0.5, 0.6) is 5.75 Å². The Morgan fingerprint density at radius 2 is 2.10 bits per heavy atom. The molecule has 0 fully saturated rings. The van der Waals surface area contributed by atoms with E-state index in [0.717, 1.165) is 11.9 Å². The number of carbonyl (C=O) groups is 1. The van der Waals surface area contributed by atoms with E-state index in [2.05, 4.69) is 15.5 Å². The zero-order valence-electron chi connectivity index (χ0n) is 15.9. The zero-order chi connectivity index (χ0) is 20.4. The maximum atomic E-state index is 12.7. The lowest BCUT2D eigenvalue weighted by Crippen LogP contribution is -2.22. The minimum absolute atomic E-state index is 0.0535. The number of benzene rings is 1. The molecule has 150 valence electrons. The van der Waals surface area contributed by atoms with E-state index >= 15 is 0 Å². The Bertz CT molecular complexity index is 1240. The molecule has 10 heteroatoms. The quantitative estimate of drug-likeness (QED) is 0.454. The summed E-state index contributed by atoms with van der Waals surface area (Å²) >= 11 is 2.67. The van der Waals surface area contributed by atoms with Gasteiger partial charge in [-0.3, -0.25) is 18.6 Å². The van der Waals surface area contributed by atoms with Crippen LogP contribution in [0.25, 0.3) is 16.0 Å². The third-order valence-corrected chi connectivity index (χ3v) is 6.16. The van der Waals surface area contributed by atoms with Crippen LogP contribution < -0.4 is 15.6 Å². The lowest BCUT2D eigenvalue weighted by atomic mass is 10.3. The monoisotopic (exact) mass is 429 g/mol. The van der Waals surface area contributed by atoms with Gasteiger partial charge >= 0.3 is 0 Å². The number of rotatable bonds is 7. The van der Waals surface area contributed by atoms with Crippen LogP contribution in [0.15, 0.2) is 45.7 Å². The second-order valence-electron chi connectivity index (χ2n) is 6.25. The molecule has 0 spiro atoms. The van der Waals surface area contributed by atoms with E-state index in [-0.39, 0.29) is 17.2 Å². The summed E-state index contributed by atoms with van der Waals surface area (Å²) in [7, 11) is 1.56. The minimum atomic E-state index is -0.181.